The van der Waals surface area contributed by atoms with E-state index < -0.39 is 43.4 Å². The lowest BCUT2D eigenvalue weighted by Gasteiger charge is -2.29. The van der Waals surface area contributed by atoms with Crippen LogP contribution < -0.4 is 15.4 Å². The molecule has 12 nitrogen and oxygen atoms in total. The molecule has 4 amide bonds. The lowest BCUT2D eigenvalue weighted by atomic mass is 9.91. The number of thiazole rings is 1. The number of nitrogens with zero attached hydrogens (tertiary/aromatic N) is 2. The summed E-state index contributed by atoms with van der Waals surface area (Å²) in [5, 5.41) is 7.10. The molecule has 4 rings (SSSR count). The van der Waals surface area contributed by atoms with Crippen LogP contribution in [0, 0.1) is 0 Å². The minimum absolute atomic E-state index is 0.166. The molecule has 222 valence electrons. The Morgan fingerprint density at radius 3 is 2.38 bits per heavy atom. The van der Waals surface area contributed by atoms with Crippen LogP contribution in [0.2, 0.25) is 0 Å². The number of amides is 4. The van der Waals surface area contributed by atoms with Crippen molar-refractivity contribution in [2.24, 2.45) is 0 Å². The number of rotatable bonds is 13. The number of hydrogen-bond acceptors (Lipinski definition) is 10. The first-order chi connectivity index (χ1) is 20.1. The molecule has 1 aliphatic rings. The first kappa shape index (κ1) is 31.0. The summed E-state index contributed by atoms with van der Waals surface area (Å²) in [5.41, 5.74) is 1.44. The predicted molar refractivity (Wildman–Crippen MR) is 156 cm³/mol. The Bertz CT molecular complexity index is 1490. The Hall–Kier alpha value is -3.90. The van der Waals surface area contributed by atoms with Crippen LogP contribution in [0.5, 0.6) is 5.75 Å². The summed E-state index contributed by atoms with van der Waals surface area (Å²) in [6.45, 7) is 3.47. The fourth-order valence-electron chi connectivity index (χ4n) is 4.40. The van der Waals surface area contributed by atoms with Gasteiger partial charge >= 0.3 is 13.6 Å². The van der Waals surface area contributed by atoms with Gasteiger partial charge in [-0.3, -0.25) is 18.9 Å². The van der Waals surface area contributed by atoms with Crippen molar-refractivity contribution in [1.29, 1.82) is 0 Å². The number of urea groups is 1. The number of nitrogens with one attached hydrogen (secondary N) is 2. The number of Topliss-reactive ketones (excluding diaryl/α,β-unsaturated/α-hetero) is 1. The third-order valence-corrected chi connectivity index (χ3v) is 9.13. The maximum atomic E-state index is 13.7. The van der Waals surface area contributed by atoms with Crippen LogP contribution in [0.4, 0.5) is 9.93 Å². The Labute approximate surface area is 246 Å². The Morgan fingerprint density at radius 2 is 1.76 bits per heavy atom. The molecule has 1 aliphatic heterocycles. The lowest BCUT2D eigenvalue weighted by molar-refractivity contribution is -0.134. The summed E-state index contributed by atoms with van der Waals surface area (Å²) >= 11 is 1.08. The fourth-order valence-corrected chi connectivity index (χ4v) is 5.78. The average Bonchev–Trinajstić information content (AvgIpc) is 3.60. The highest BCUT2D eigenvalue weighted by atomic mass is 32.1. The van der Waals surface area contributed by atoms with Crippen LogP contribution >= 0.6 is 18.9 Å². The van der Waals surface area contributed by atoms with Crippen molar-refractivity contribution in [2.45, 2.75) is 38.3 Å². The zero-order chi connectivity index (χ0) is 30.4. The van der Waals surface area contributed by atoms with Gasteiger partial charge in [0.2, 0.25) is 5.91 Å². The number of carbonyl (C=O) groups excluding carboxylic acids is 4. The molecule has 1 aromatic heterocycles. The monoisotopic (exact) mass is 614 g/mol. The van der Waals surface area contributed by atoms with Gasteiger partial charge in [0.15, 0.2) is 17.3 Å². The predicted octanol–water partition coefficient (Wildman–Crippen LogP) is 4.96. The molecular formula is C28H31N4O8PS. The zero-order valence-corrected chi connectivity index (χ0v) is 25.1. The van der Waals surface area contributed by atoms with Crippen molar-refractivity contribution in [2.75, 3.05) is 25.9 Å². The second-order valence-corrected chi connectivity index (χ2v) is 12.4. The molecule has 3 aromatic rings. The minimum Gasteiger partial charge on any atom is -0.481 e. The van der Waals surface area contributed by atoms with Crippen LogP contribution in [0.25, 0.3) is 0 Å². The van der Waals surface area contributed by atoms with E-state index in [4.69, 9.17) is 13.8 Å². The first-order valence-corrected chi connectivity index (χ1v) is 15.6. The van der Waals surface area contributed by atoms with Gasteiger partial charge < -0.3 is 24.4 Å². The van der Waals surface area contributed by atoms with E-state index in [0.29, 0.717) is 11.3 Å². The third-order valence-electron chi connectivity index (χ3n) is 6.82. The largest absolute Gasteiger partial charge is 0.481 e. The molecule has 0 aliphatic carbocycles. The molecule has 2 N–H and O–H groups in total. The van der Waals surface area contributed by atoms with Crippen LogP contribution in [0.15, 0.2) is 60.0 Å². The second-order valence-electron chi connectivity index (χ2n) is 9.36. The van der Waals surface area contributed by atoms with Crippen molar-refractivity contribution in [3.8, 4) is 5.75 Å². The topological polar surface area (TPSA) is 153 Å². The van der Waals surface area contributed by atoms with Gasteiger partial charge in [-0.15, -0.1) is 11.3 Å². The minimum atomic E-state index is -3.39. The van der Waals surface area contributed by atoms with Gasteiger partial charge in [0, 0.05) is 31.9 Å². The highest BCUT2D eigenvalue weighted by Crippen LogP contribution is 2.46. The van der Waals surface area contributed by atoms with Crippen molar-refractivity contribution >= 4 is 47.7 Å². The molecule has 3 atom stereocenters. The molecule has 2 aromatic carbocycles. The maximum absolute atomic E-state index is 13.7. The average molecular weight is 615 g/mol. The molecule has 0 radical (unpaired) electrons. The number of ether oxygens (including phenoxy) is 1. The Morgan fingerprint density at radius 1 is 1.10 bits per heavy atom. The quantitative estimate of drug-likeness (QED) is 0.154. The van der Waals surface area contributed by atoms with Gasteiger partial charge in [-0.2, -0.15) is 0 Å². The molecule has 42 heavy (non-hydrogen) atoms. The van der Waals surface area contributed by atoms with E-state index >= 15 is 0 Å². The summed E-state index contributed by atoms with van der Waals surface area (Å²) in [6.07, 6.45) is -0.0452. The van der Waals surface area contributed by atoms with Crippen LogP contribution in [0.3, 0.4) is 0 Å². The van der Waals surface area contributed by atoms with E-state index in [-0.39, 0.29) is 29.4 Å². The van der Waals surface area contributed by atoms with Gasteiger partial charge in [-0.05, 0) is 23.3 Å². The Kier molecular flexibility index (Phi) is 9.89. The number of imide groups is 1. The Balaban J connectivity index is 1.57. The number of carbonyl (C=O) groups is 4. The summed E-state index contributed by atoms with van der Waals surface area (Å²) in [6, 6.07) is 12.3. The number of anilines is 1. The van der Waals surface area contributed by atoms with Gasteiger partial charge in [-0.25, -0.2) is 14.7 Å². The van der Waals surface area contributed by atoms with Crippen molar-refractivity contribution < 1.29 is 37.5 Å². The van der Waals surface area contributed by atoms with E-state index in [9.17, 15) is 23.7 Å². The molecule has 14 heteroatoms. The summed E-state index contributed by atoms with van der Waals surface area (Å²) in [5.74, 6) is -1.63. The van der Waals surface area contributed by atoms with Gasteiger partial charge in [0.1, 0.15) is 23.5 Å². The number of aromatic nitrogens is 1. The van der Waals surface area contributed by atoms with E-state index in [0.717, 1.165) is 21.8 Å². The van der Waals surface area contributed by atoms with Crippen LogP contribution in [-0.2, 0) is 23.2 Å². The van der Waals surface area contributed by atoms with Gasteiger partial charge in [-0.1, -0.05) is 56.3 Å². The highest BCUT2D eigenvalue weighted by Gasteiger charge is 2.47. The van der Waals surface area contributed by atoms with Crippen molar-refractivity contribution in [1.82, 2.24) is 15.2 Å². The van der Waals surface area contributed by atoms with Crippen molar-refractivity contribution in [3.63, 3.8) is 0 Å². The molecule has 0 saturated carbocycles. The van der Waals surface area contributed by atoms with E-state index in [2.05, 4.69) is 15.6 Å². The highest BCUT2D eigenvalue weighted by molar-refractivity contribution is 7.53. The third kappa shape index (κ3) is 6.76. The van der Waals surface area contributed by atoms with E-state index in [1.165, 1.54) is 14.2 Å². The first-order valence-electron chi connectivity index (χ1n) is 13.0. The molecular weight excluding hydrogens is 583 g/mol. The van der Waals surface area contributed by atoms with Gasteiger partial charge in [0.25, 0.3) is 5.91 Å². The number of ketones is 1. The van der Waals surface area contributed by atoms with Crippen molar-refractivity contribution in [3.05, 3.63) is 76.8 Å². The van der Waals surface area contributed by atoms with Crippen LogP contribution in [-0.4, -0.2) is 60.1 Å². The summed E-state index contributed by atoms with van der Waals surface area (Å²) < 4.78 is 27.4. The van der Waals surface area contributed by atoms with Crippen LogP contribution in [0.1, 0.15) is 53.8 Å². The lowest BCUT2D eigenvalue weighted by Crippen LogP contribution is -2.50. The van der Waals surface area contributed by atoms with Gasteiger partial charge in [0.05, 0.1) is 0 Å². The molecule has 1 saturated heterocycles. The zero-order valence-electron chi connectivity index (χ0n) is 23.4. The summed E-state index contributed by atoms with van der Waals surface area (Å²) in [4.78, 5) is 57.8. The standard InChI is InChI=1S/C28H31N4O8PS/c1-5-22(33)21-15-42-27(29-21)31-25(34)24(17(2)18-9-7-6-8-10-18)32-26(35)23(30-28(32)36)19-11-13-20(14-12-19)40-16-41(37,38-3)39-4/h6-15,17,23-24H,5,16H2,1-4H3,(H,30,36)(H,29,31,34)/t17-,23-,24+/m1/s1. The molecule has 0 spiro atoms. The molecule has 0 unspecified atom stereocenters. The van der Waals surface area contributed by atoms with E-state index in [1.54, 1.807) is 55.6 Å². The number of benzene rings is 2. The number of hydrogen-bond donors (Lipinski definition) is 2. The maximum Gasteiger partial charge on any atom is 0.367 e. The fraction of sp³-hybridized carbons (Fsp3) is 0.321. The smallest absolute Gasteiger partial charge is 0.367 e. The molecule has 0 bridgehead atoms. The van der Waals surface area contributed by atoms with E-state index in [1.807, 2.05) is 18.2 Å². The SMILES string of the molecule is CCC(=O)c1csc(NC(=O)[C@H]([C@H](C)c2ccccc2)N2C(=O)N[C@H](c3ccc(OCP(=O)(OC)OC)cc3)C2=O)n1. The second kappa shape index (κ2) is 13.4. The normalized spacial score (nSPS) is 16.6. The molecule has 2 heterocycles. The summed E-state index contributed by atoms with van der Waals surface area (Å²) in [7, 11) is -0.881. The molecule has 1 fully saturated rings.